The van der Waals surface area contributed by atoms with Crippen LogP contribution < -0.4 is 0 Å². The van der Waals surface area contributed by atoms with E-state index < -0.39 is 5.97 Å². The highest BCUT2D eigenvalue weighted by Crippen LogP contribution is 2.19. The number of carboxylic acid groups (broad SMARTS) is 1. The predicted octanol–water partition coefficient (Wildman–Crippen LogP) is 0.984. The summed E-state index contributed by atoms with van der Waals surface area (Å²) in [4.78, 5) is 26.4. The molecule has 0 saturated carbocycles. The van der Waals surface area contributed by atoms with Crippen molar-refractivity contribution in [2.45, 2.75) is 12.8 Å². The smallest absolute Gasteiger partial charge is 0.303 e. The first-order valence-electron chi connectivity index (χ1n) is 6.50. The summed E-state index contributed by atoms with van der Waals surface area (Å²) in [5.41, 5.74) is 0. The van der Waals surface area contributed by atoms with E-state index in [4.69, 9.17) is 5.11 Å². The van der Waals surface area contributed by atoms with E-state index in [1.54, 1.807) is 17.1 Å². The number of carbonyl (C=O) groups excluding carboxylic acids is 1. The Balaban J connectivity index is 2.41. The van der Waals surface area contributed by atoms with Crippen LogP contribution in [0.2, 0.25) is 0 Å². The van der Waals surface area contributed by atoms with Gasteiger partial charge in [-0.15, -0.1) is 13.2 Å². The number of hydrogen-bond donors (Lipinski definition) is 1. The molecule has 1 N–H and O–H groups in total. The third kappa shape index (κ3) is 5.26. The highest BCUT2D eigenvalue weighted by molar-refractivity contribution is 5.78. The molecule has 1 atom stereocenters. The van der Waals surface area contributed by atoms with Gasteiger partial charge in [-0.05, 0) is 18.9 Å². The molecule has 5 nitrogen and oxygen atoms in total. The van der Waals surface area contributed by atoms with Crippen LogP contribution in [0.4, 0.5) is 0 Å². The minimum Gasteiger partial charge on any atom is -0.481 e. The van der Waals surface area contributed by atoms with Crippen molar-refractivity contribution in [1.29, 1.82) is 0 Å². The number of rotatable bonds is 8. The Morgan fingerprint density at radius 2 is 1.95 bits per heavy atom. The fraction of sp³-hybridized carbons (Fsp3) is 0.571. The molecule has 0 aromatic carbocycles. The second-order valence-electron chi connectivity index (χ2n) is 4.86. The summed E-state index contributed by atoms with van der Waals surface area (Å²) in [7, 11) is 0. The van der Waals surface area contributed by atoms with E-state index in [-0.39, 0.29) is 18.2 Å². The van der Waals surface area contributed by atoms with E-state index in [9.17, 15) is 9.59 Å². The third-order valence-corrected chi connectivity index (χ3v) is 3.24. The maximum absolute atomic E-state index is 12.1. The molecular formula is C14H22N2O3. The van der Waals surface area contributed by atoms with E-state index in [1.807, 2.05) is 4.90 Å². The molecule has 0 aromatic heterocycles. The van der Waals surface area contributed by atoms with Crippen LogP contribution in [0, 0.1) is 5.92 Å². The van der Waals surface area contributed by atoms with Crippen LogP contribution in [0.15, 0.2) is 25.3 Å². The predicted molar refractivity (Wildman–Crippen MR) is 73.8 cm³/mol. The number of aliphatic carboxylic acids is 1. The second kappa shape index (κ2) is 7.74. The Morgan fingerprint density at radius 3 is 2.47 bits per heavy atom. The van der Waals surface area contributed by atoms with Crippen LogP contribution in [0.25, 0.3) is 0 Å². The monoisotopic (exact) mass is 266 g/mol. The van der Waals surface area contributed by atoms with E-state index >= 15 is 0 Å². The van der Waals surface area contributed by atoms with Crippen molar-refractivity contribution >= 4 is 11.9 Å². The van der Waals surface area contributed by atoms with Crippen molar-refractivity contribution in [3.05, 3.63) is 25.3 Å². The van der Waals surface area contributed by atoms with Gasteiger partial charge in [-0.2, -0.15) is 0 Å². The van der Waals surface area contributed by atoms with E-state index in [0.29, 0.717) is 26.2 Å². The lowest BCUT2D eigenvalue weighted by molar-refractivity contribution is -0.138. The Hall–Kier alpha value is -1.62. The summed E-state index contributed by atoms with van der Waals surface area (Å²) >= 11 is 0. The zero-order valence-electron chi connectivity index (χ0n) is 11.3. The van der Waals surface area contributed by atoms with Crippen molar-refractivity contribution in [3.63, 3.8) is 0 Å². The minimum atomic E-state index is -0.766. The molecule has 1 unspecified atom stereocenters. The molecule has 1 amide bonds. The molecule has 0 aromatic rings. The van der Waals surface area contributed by atoms with Gasteiger partial charge in [0.25, 0.3) is 0 Å². The molecule has 1 fully saturated rings. The molecule has 1 aliphatic heterocycles. The number of carboxylic acids is 1. The summed E-state index contributed by atoms with van der Waals surface area (Å²) in [6, 6.07) is 0. The second-order valence-corrected chi connectivity index (χ2v) is 4.86. The number of hydrogen-bond acceptors (Lipinski definition) is 3. The molecule has 1 aliphatic rings. The van der Waals surface area contributed by atoms with Crippen LogP contribution in [0.3, 0.4) is 0 Å². The first-order chi connectivity index (χ1) is 9.06. The lowest BCUT2D eigenvalue weighted by Crippen LogP contribution is -2.39. The summed E-state index contributed by atoms with van der Waals surface area (Å²) in [6.45, 7) is 10.1. The van der Waals surface area contributed by atoms with Crippen molar-refractivity contribution in [2.24, 2.45) is 5.92 Å². The quantitative estimate of drug-likeness (QED) is 0.665. The molecule has 0 spiro atoms. The van der Waals surface area contributed by atoms with Gasteiger partial charge in [0.1, 0.15) is 0 Å². The average Bonchev–Trinajstić information content (AvgIpc) is 2.75. The number of likely N-dealkylation sites (tertiary alicyclic amines) is 1. The molecule has 106 valence electrons. The standard InChI is InChI=1S/C14H22N2O3/c1-3-6-16(7-4-2)13(17)11-15-8-5-12(10-15)9-14(18)19/h3-4,12H,1-2,5-11H2,(H,18,19). The highest BCUT2D eigenvalue weighted by atomic mass is 16.4. The van der Waals surface area contributed by atoms with Gasteiger partial charge in [0, 0.05) is 26.1 Å². The van der Waals surface area contributed by atoms with Gasteiger partial charge < -0.3 is 10.0 Å². The highest BCUT2D eigenvalue weighted by Gasteiger charge is 2.26. The fourth-order valence-corrected chi connectivity index (χ4v) is 2.35. The lowest BCUT2D eigenvalue weighted by atomic mass is 10.1. The number of amides is 1. The molecule has 1 saturated heterocycles. The molecule has 0 radical (unpaired) electrons. The SMILES string of the molecule is C=CCN(CC=C)C(=O)CN1CCC(CC(=O)O)C1. The summed E-state index contributed by atoms with van der Waals surface area (Å²) < 4.78 is 0. The largest absolute Gasteiger partial charge is 0.481 e. The molecule has 19 heavy (non-hydrogen) atoms. The van der Waals surface area contributed by atoms with Crippen molar-refractivity contribution in [1.82, 2.24) is 9.80 Å². The molecular weight excluding hydrogens is 244 g/mol. The van der Waals surface area contributed by atoms with Gasteiger partial charge >= 0.3 is 5.97 Å². The molecule has 1 rings (SSSR count). The first-order valence-corrected chi connectivity index (χ1v) is 6.50. The van der Waals surface area contributed by atoms with Crippen LogP contribution in [0.1, 0.15) is 12.8 Å². The van der Waals surface area contributed by atoms with Gasteiger partial charge in [0.05, 0.1) is 6.54 Å². The number of nitrogens with zero attached hydrogens (tertiary/aromatic N) is 2. The van der Waals surface area contributed by atoms with Crippen molar-refractivity contribution < 1.29 is 14.7 Å². The Morgan fingerprint density at radius 1 is 1.32 bits per heavy atom. The fourth-order valence-electron chi connectivity index (χ4n) is 2.35. The summed E-state index contributed by atoms with van der Waals surface area (Å²) in [5, 5.41) is 8.75. The Labute approximate surface area is 114 Å². The Bertz CT molecular complexity index is 345. The van der Waals surface area contributed by atoms with Crippen LogP contribution in [-0.2, 0) is 9.59 Å². The summed E-state index contributed by atoms with van der Waals surface area (Å²) in [6.07, 6.45) is 4.42. The number of carbonyl (C=O) groups is 2. The van der Waals surface area contributed by atoms with Gasteiger partial charge in [-0.1, -0.05) is 12.2 Å². The first kappa shape index (κ1) is 15.4. The zero-order valence-corrected chi connectivity index (χ0v) is 11.3. The van der Waals surface area contributed by atoms with Gasteiger partial charge in [-0.3, -0.25) is 14.5 Å². The normalized spacial score (nSPS) is 19.1. The molecule has 1 heterocycles. The van der Waals surface area contributed by atoms with E-state index in [1.165, 1.54) is 0 Å². The minimum absolute atomic E-state index is 0.0378. The van der Waals surface area contributed by atoms with Gasteiger partial charge in [0.2, 0.25) is 5.91 Å². The van der Waals surface area contributed by atoms with Gasteiger partial charge in [0.15, 0.2) is 0 Å². The van der Waals surface area contributed by atoms with Gasteiger partial charge in [-0.25, -0.2) is 0 Å². The zero-order chi connectivity index (χ0) is 14.3. The molecule has 5 heteroatoms. The third-order valence-electron chi connectivity index (χ3n) is 3.24. The maximum atomic E-state index is 12.1. The maximum Gasteiger partial charge on any atom is 0.303 e. The molecule has 0 aliphatic carbocycles. The van der Waals surface area contributed by atoms with Crippen LogP contribution in [0.5, 0.6) is 0 Å². The van der Waals surface area contributed by atoms with Crippen molar-refractivity contribution in [2.75, 3.05) is 32.7 Å². The van der Waals surface area contributed by atoms with Crippen LogP contribution >= 0.6 is 0 Å². The van der Waals surface area contributed by atoms with E-state index in [0.717, 1.165) is 13.0 Å². The lowest BCUT2D eigenvalue weighted by Gasteiger charge is -2.23. The van der Waals surface area contributed by atoms with Crippen molar-refractivity contribution in [3.8, 4) is 0 Å². The average molecular weight is 266 g/mol. The van der Waals surface area contributed by atoms with E-state index in [2.05, 4.69) is 13.2 Å². The van der Waals surface area contributed by atoms with Crippen LogP contribution in [-0.4, -0.2) is 59.5 Å². The Kier molecular flexibility index (Phi) is 6.29. The molecule has 0 bridgehead atoms. The summed E-state index contributed by atoms with van der Waals surface area (Å²) in [5.74, 6) is -0.563. The topological polar surface area (TPSA) is 60.9 Å².